The van der Waals surface area contributed by atoms with Crippen LogP contribution in [0.3, 0.4) is 0 Å². The van der Waals surface area contributed by atoms with E-state index in [9.17, 15) is 22.4 Å². The minimum atomic E-state index is -3.62. The van der Waals surface area contributed by atoms with Gasteiger partial charge in [-0.25, -0.2) is 17.6 Å². The smallest absolute Gasteiger partial charge is 0.332 e. The zero-order valence-electron chi connectivity index (χ0n) is 20.4. The fourth-order valence-electron chi connectivity index (χ4n) is 3.64. The number of H-pyrrole nitrogens is 1. The molecular formula is C25H28FN3O5S. The fraction of sp³-hybridized carbons (Fsp3) is 0.280. The molecule has 10 heteroatoms. The Balaban J connectivity index is 2.18. The third kappa shape index (κ3) is 6.07. The lowest BCUT2D eigenvalue weighted by atomic mass is 9.84. The predicted molar refractivity (Wildman–Crippen MR) is 136 cm³/mol. The molecule has 0 aliphatic rings. The summed E-state index contributed by atoms with van der Waals surface area (Å²) in [6, 6.07) is 7.48. The fourth-order valence-corrected chi connectivity index (χ4v) is 4.19. The summed E-state index contributed by atoms with van der Waals surface area (Å²) in [6.07, 6.45) is 5.78. The van der Waals surface area contributed by atoms with Crippen LogP contribution in [0.4, 0.5) is 10.1 Å². The number of halogens is 1. The number of nitrogens with zero attached hydrogens (tertiary/aromatic N) is 1. The SMILES string of the molecule is COc1c(C=Cc2cc(F)c(NS(C)(=O)=O)cc2C)cc(-n2ccc(=O)[nH]c2=O)cc1C(C)(C)C. The van der Waals surface area contributed by atoms with Crippen LogP contribution in [0.25, 0.3) is 17.8 Å². The second-order valence-corrected chi connectivity index (χ2v) is 11.0. The van der Waals surface area contributed by atoms with Crippen LogP contribution in [-0.2, 0) is 15.4 Å². The molecule has 0 unspecified atom stereocenters. The Hall–Kier alpha value is -3.66. The van der Waals surface area contributed by atoms with Crippen molar-refractivity contribution in [2.45, 2.75) is 33.1 Å². The van der Waals surface area contributed by atoms with Crippen LogP contribution >= 0.6 is 0 Å². The molecule has 2 N–H and O–H groups in total. The van der Waals surface area contributed by atoms with Gasteiger partial charge in [-0.1, -0.05) is 32.9 Å². The Bertz CT molecular complexity index is 1530. The monoisotopic (exact) mass is 501 g/mol. The number of nitrogens with one attached hydrogen (secondary N) is 2. The van der Waals surface area contributed by atoms with Crippen molar-refractivity contribution in [3.63, 3.8) is 0 Å². The molecule has 0 saturated carbocycles. The van der Waals surface area contributed by atoms with Gasteiger partial charge in [-0.15, -0.1) is 0 Å². The summed E-state index contributed by atoms with van der Waals surface area (Å²) < 4.78 is 46.7. The van der Waals surface area contributed by atoms with Crippen LogP contribution < -0.4 is 20.7 Å². The first-order valence-corrected chi connectivity index (χ1v) is 12.6. The van der Waals surface area contributed by atoms with Gasteiger partial charge >= 0.3 is 5.69 Å². The van der Waals surface area contributed by atoms with Crippen molar-refractivity contribution in [1.82, 2.24) is 9.55 Å². The first-order chi connectivity index (χ1) is 16.2. The molecule has 1 aromatic heterocycles. The average Bonchev–Trinajstić information content (AvgIpc) is 2.72. The van der Waals surface area contributed by atoms with Crippen LogP contribution in [0.15, 0.2) is 46.1 Å². The number of rotatable bonds is 6. The van der Waals surface area contributed by atoms with Gasteiger partial charge in [0.05, 0.1) is 24.7 Å². The number of aromatic nitrogens is 2. The van der Waals surface area contributed by atoms with E-state index in [0.717, 1.165) is 11.8 Å². The van der Waals surface area contributed by atoms with Crippen molar-refractivity contribution in [3.8, 4) is 11.4 Å². The van der Waals surface area contributed by atoms with Crippen LogP contribution in [0.2, 0.25) is 0 Å². The lowest BCUT2D eigenvalue weighted by molar-refractivity contribution is 0.396. The van der Waals surface area contributed by atoms with Gasteiger partial charge in [-0.05, 0) is 47.7 Å². The molecule has 35 heavy (non-hydrogen) atoms. The molecule has 0 aliphatic heterocycles. The molecule has 2 aromatic carbocycles. The normalized spacial score (nSPS) is 12.2. The predicted octanol–water partition coefficient (Wildman–Crippen LogP) is 3.82. The zero-order chi connectivity index (χ0) is 26.1. The molecule has 0 atom stereocenters. The minimum absolute atomic E-state index is 0.130. The summed E-state index contributed by atoms with van der Waals surface area (Å²) in [5.74, 6) is -0.125. The summed E-state index contributed by atoms with van der Waals surface area (Å²) in [4.78, 5) is 26.2. The lowest BCUT2D eigenvalue weighted by Gasteiger charge is -2.25. The number of ether oxygens (including phenoxy) is 1. The van der Waals surface area contributed by atoms with E-state index >= 15 is 0 Å². The quantitative estimate of drug-likeness (QED) is 0.499. The maximum Gasteiger partial charge on any atom is 0.332 e. The Labute approximate surface area is 203 Å². The summed E-state index contributed by atoms with van der Waals surface area (Å²) in [7, 11) is -2.08. The summed E-state index contributed by atoms with van der Waals surface area (Å²) in [6.45, 7) is 7.75. The van der Waals surface area contributed by atoms with E-state index < -0.39 is 27.1 Å². The third-order valence-corrected chi connectivity index (χ3v) is 5.90. The van der Waals surface area contributed by atoms with E-state index in [2.05, 4.69) is 9.71 Å². The molecule has 0 saturated heterocycles. The molecule has 0 radical (unpaired) electrons. The summed E-state index contributed by atoms with van der Waals surface area (Å²) >= 11 is 0. The van der Waals surface area contributed by atoms with Crippen LogP contribution in [0.5, 0.6) is 5.75 Å². The van der Waals surface area contributed by atoms with Crippen molar-refractivity contribution in [2.75, 3.05) is 18.1 Å². The van der Waals surface area contributed by atoms with Gasteiger partial charge in [0.2, 0.25) is 10.0 Å². The first kappa shape index (κ1) is 26.0. The number of benzene rings is 2. The highest BCUT2D eigenvalue weighted by atomic mass is 32.2. The summed E-state index contributed by atoms with van der Waals surface area (Å²) in [5, 5.41) is 0. The van der Waals surface area contributed by atoms with Crippen molar-refractivity contribution in [3.05, 3.63) is 85.4 Å². The minimum Gasteiger partial charge on any atom is -0.496 e. The van der Waals surface area contributed by atoms with E-state index in [1.54, 1.807) is 32.3 Å². The number of hydrogen-bond donors (Lipinski definition) is 2. The Morgan fingerprint density at radius 3 is 2.31 bits per heavy atom. The van der Waals surface area contributed by atoms with Crippen molar-refractivity contribution >= 4 is 27.9 Å². The second kappa shape index (κ2) is 9.53. The topological polar surface area (TPSA) is 110 Å². The number of aromatic amines is 1. The molecule has 8 nitrogen and oxygen atoms in total. The van der Waals surface area contributed by atoms with E-state index in [4.69, 9.17) is 4.74 Å². The molecule has 0 amide bonds. The highest BCUT2D eigenvalue weighted by Gasteiger charge is 2.22. The molecule has 0 fully saturated rings. The largest absolute Gasteiger partial charge is 0.496 e. The van der Waals surface area contributed by atoms with Gasteiger partial charge in [-0.3, -0.25) is 19.1 Å². The van der Waals surface area contributed by atoms with E-state index in [1.807, 2.05) is 26.8 Å². The van der Waals surface area contributed by atoms with E-state index in [0.29, 0.717) is 28.1 Å². The zero-order valence-corrected chi connectivity index (χ0v) is 21.2. The second-order valence-electron chi connectivity index (χ2n) is 9.24. The van der Waals surface area contributed by atoms with Crippen molar-refractivity contribution < 1.29 is 17.5 Å². The number of anilines is 1. The van der Waals surface area contributed by atoms with E-state index in [-0.39, 0.29) is 11.1 Å². The van der Waals surface area contributed by atoms with Gasteiger partial charge < -0.3 is 4.74 Å². The highest BCUT2D eigenvalue weighted by Crippen LogP contribution is 2.37. The van der Waals surface area contributed by atoms with Crippen LogP contribution in [0, 0.1) is 12.7 Å². The molecular weight excluding hydrogens is 473 g/mol. The molecule has 3 aromatic rings. The Kier molecular flexibility index (Phi) is 7.07. The average molecular weight is 502 g/mol. The molecule has 0 bridgehead atoms. The standard InChI is InChI=1S/C25H28FN3O5S/c1-15-11-21(28-35(6,32)33)20(26)13-16(15)7-8-17-12-18(29-10-9-22(30)27-24(29)31)14-19(23(17)34-5)25(2,3)4/h7-14,28H,1-6H3,(H,27,30,31). The molecule has 0 aliphatic carbocycles. The number of sulfonamides is 1. The molecule has 3 rings (SSSR count). The van der Waals surface area contributed by atoms with E-state index in [1.165, 1.54) is 29.0 Å². The molecule has 0 spiro atoms. The third-order valence-electron chi connectivity index (χ3n) is 5.31. The summed E-state index contributed by atoms with van der Waals surface area (Å²) in [5.41, 5.74) is 1.60. The number of methoxy groups -OCH3 is 1. The first-order valence-electron chi connectivity index (χ1n) is 10.7. The van der Waals surface area contributed by atoms with Gasteiger partial charge in [0.25, 0.3) is 5.56 Å². The van der Waals surface area contributed by atoms with Gasteiger partial charge in [0, 0.05) is 23.4 Å². The molecule has 1 heterocycles. The van der Waals surface area contributed by atoms with Crippen molar-refractivity contribution in [1.29, 1.82) is 0 Å². The lowest BCUT2D eigenvalue weighted by Crippen LogP contribution is -2.28. The maximum atomic E-state index is 14.6. The Morgan fingerprint density at radius 2 is 1.74 bits per heavy atom. The van der Waals surface area contributed by atoms with Crippen LogP contribution in [0.1, 0.15) is 43.0 Å². The highest BCUT2D eigenvalue weighted by molar-refractivity contribution is 7.92. The van der Waals surface area contributed by atoms with Gasteiger partial charge in [0.15, 0.2) is 0 Å². The van der Waals surface area contributed by atoms with Crippen LogP contribution in [-0.4, -0.2) is 31.3 Å². The Morgan fingerprint density at radius 1 is 1.09 bits per heavy atom. The molecule has 186 valence electrons. The van der Waals surface area contributed by atoms with Gasteiger partial charge in [-0.2, -0.15) is 0 Å². The van der Waals surface area contributed by atoms with Crippen molar-refractivity contribution in [2.24, 2.45) is 0 Å². The number of aryl methyl sites for hydroxylation is 1. The maximum absolute atomic E-state index is 14.6. The van der Waals surface area contributed by atoms with Gasteiger partial charge in [0.1, 0.15) is 11.6 Å². The number of hydrogen-bond acceptors (Lipinski definition) is 5.